The quantitative estimate of drug-likeness (QED) is 0.589. The topological polar surface area (TPSA) is 23.6 Å². The predicted molar refractivity (Wildman–Crippen MR) is 83.4 cm³/mol. The maximum Gasteiger partial charge on any atom is 0.266 e. The number of thioether (sulfide) groups is 2. The van der Waals surface area contributed by atoms with Gasteiger partial charge in [0.25, 0.3) is 5.91 Å². The van der Waals surface area contributed by atoms with Crippen molar-refractivity contribution < 1.29 is 4.79 Å². The second kappa shape index (κ2) is 6.12. The fourth-order valence-electron chi connectivity index (χ4n) is 1.86. The molecular formula is C12H16N2OS3. The number of allylic oxidation sites excluding steroid dienone is 2. The van der Waals surface area contributed by atoms with E-state index in [2.05, 4.69) is 11.8 Å². The van der Waals surface area contributed by atoms with E-state index in [1.54, 1.807) is 4.90 Å². The van der Waals surface area contributed by atoms with Crippen LogP contribution in [0.25, 0.3) is 0 Å². The van der Waals surface area contributed by atoms with Crippen molar-refractivity contribution in [3.8, 4) is 0 Å². The highest BCUT2D eigenvalue weighted by atomic mass is 32.2. The average molecular weight is 300 g/mol. The Morgan fingerprint density at radius 2 is 2.11 bits per heavy atom. The van der Waals surface area contributed by atoms with E-state index in [0.717, 1.165) is 23.7 Å². The molecule has 2 heterocycles. The third-order valence-corrected chi connectivity index (χ3v) is 5.34. The molecule has 0 aromatic rings. The van der Waals surface area contributed by atoms with Gasteiger partial charge in [0.05, 0.1) is 9.93 Å². The highest BCUT2D eigenvalue weighted by molar-refractivity contribution is 8.26. The van der Waals surface area contributed by atoms with Crippen LogP contribution in [0.4, 0.5) is 0 Å². The van der Waals surface area contributed by atoms with Crippen LogP contribution in [-0.4, -0.2) is 45.4 Å². The molecule has 1 amide bonds. The molecule has 2 fully saturated rings. The van der Waals surface area contributed by atoms with Crippen LogP contribution in [0.1, 0.15) is 13.8 Å². The van der Waals surface area contributed by atoms with Gasteiger partial charge in [-0.2, -0.15) is 0 Å². The minimum absolute atomic E-state index is 0.0374. The summed E-state index contributed by atoms with van der Waals surface area (Å²) in [6, 6.07) is 0. The summed E-state index contributed by atoms with van der Waals surface area (Å²) in [5, 5.41) is 1.25. The average Bonchev–Trinajstić information content (AvgIpc) is 2.91. The summed E-state index contributed by atoms with van der Waals surface area (Å²) in [7, 11) is 0. The highest BCUT2D eigenvalue weighted by Gasteiger charge is 2.30. The minimum Gasteiger partial charge on any atom is -0.366 e. The van der Waals surface area contributed by atoms with E-state index in [-0.39, 0.29) is 5.91 Å². The molecule has 98 valence electrons. The number of carbonyl (C=O) groups is 1. The zero-order valence-corrected chi connectivity index (χ0v) is 13.0. The van der Waals surface area contributed by atoms with Crippen molar-refractivity contribution >= 4 is 46.0 Å². The van der Waals surface area contributed by atoms with E-state index in [1.165, 1.54) is 16.8 Å². The van der Waals surface area contributed by atoms with Crippen molar-refractivity contribution in [3.05, 3.63) is 22.1 Å². The van der Waals surface area contributed by atoms with Crippen LogP contribution >= 0.6 is 35.7 Å². The van der Waals surface area contributed by atoms with Crippen LogP contribution in [-0.2, 0) is 4.79 Å². The highest BCUT2D eigenvalue weighted by Crippen LogP contribution is 2.32. The van der Waals surface area contributed by atoms with Crippen LogP contribution in [0.15, 0.2) is 22.1 Å². The molecule has 0 spiro atoms. The summed E-state index contributed by atoms with van der Waals surface area (Å²) in [6.07, 6.45) is 3.95. The molecule has 0 bridgehead atoms. The predicted octanol–water partition coefficient (Wildman–Crippen LogP) is 2.66. The van der Waals surface area contributed by atoms with Gasteiger partial charge in [0.2, 0.25) is 0 Å². The monoisotopic (exact) mass is 300 g/mol. The minimum atomic E-state index is 0.0374. The van der Waals surface area contributed by atoms with E-state index in [9.17, 15) is 4.79 Å². The van der Waals surface area contributed by atoms with Gasteiger partial charge in [-0.05, 0) is 26.0 Å². The van der Waals surface area contributed by atoms with Crippen LogP contribution < -0.4 is 0 Å². The number of hydrogen-bond donors (Lipinski definition) is 0. The first kappa shape index (κ1) is 14.0. The summed E-state index contributed by atoms with van der Waals surface area (Å²) < 4.78 is 0.665. The van der Waals surface area contributed by atoms with E-state index >= 15 is 0 Å². The lowest BCUT2D eigenvalue weighted by molar-refractivity contribution is -0.122. The van der Waals surface area contributed by atoms with Gasteiger partial charge in [-0.1, -0.05) is 24.0 Å². The molecule has 2 rings (SSSR count). The van der Waals surface area contributed by atoms with Crippen LogP contribution in [0, 0.1) is 0 Å². The standard InChI is InChI=1S/C12H16N2OS3/c1-3-13-7-8-17-10(13)6-5-9-11(15)14(4-2)12(16)18-9/h5-6H,3-4,7-8H2,1-2H3/b9-5-,10-6-. The van der Waals surface area contributed by atoms with E-state index in [0.29, 0.717) is 10.9 Å². The lowest BCUT2D eigenvalue weighted by Crippen LogP contribution is -2.27. The Kier molecular flexibility index (Phi) is 4.75. The van der Waals surface area contributed by atoms with Crippen molar-refractivity contribution in [3.63, 3.8) is 0 Å². The molecule has 0 N–H and O–H groups in total. The number of amides is 1. The van der Waals surface area contributed by atoms with Gasteiger partial charge in [-0.3, -0.25) is 9.69 Å². The zero-order chi connectivity index (χ0) is 13.1. The first-order valence-corrected chi connectivity index (χ1v) is 8.21. The molecule has 0 unspecified atom stereocenters. The molecular weight excluding hydrogens is 284 g/mol. The van der Waals surface area contributed by atoms with Crippen molar-refractivity contribution in [1.29, 1.82) is 0 Å². The van der Waals surface area contributed by atoms with Gasteiger partial charge in [0, 0.05) is 25.4 Å². The van der Waals surface area contributed by atoms with Gasteiger partial charge in [0.1, 0.15) is 4.32 Å². The Bertz CT molecular complexity index is 431. The normalized spacial score (nSPS) is 25.0. The molecule has 2 aliphatic heterocycles. The molecule has 0 aromatic heterocycles. The molecule has 3 nitrogen and oxygen atoms in total. The van der Waals surface area contributed by atoms with E-state index < -0.39 is 0 Å². The second-order valence-electron chi connectivity index (χ2n) is 3.88. The molecule has 2 saturated heterocycles. The maximum absolute atomic E-state index is 12.0. The summed E-state index contributed by atoms with van der Waals surface area (Å²) in [6.45, 7) is 6.85. The number of likely N-dealkylation sites (N-methyl/N-ethyl adjacent to an activating group) is 1. The molecule has 0 atom stereocenters. The Balaban J connectivity index is 2.13. The molecule has 6 heteroatoms. The molecule has 18 heavy (non-hydrogen) atoms. The molecule has 0 aliphatic carbocycles. The SMILES string of the molecule is CCN1C(=O)/C(=C/C=C2\SCCN2CC)SC1=S. The van der Waals surface area contributed by atoms with Crippen molar-refractivity contribution in [2.45, 2.75) is 13.8 Å². The van der Waals surface area contributed by atoms with Crippen molar-refractivity contribution in [1.82, 2.24) is 9.80 Å². The van der Waals surface area contributed by atoms with Crippen LogP contribution in [0.5, 0.6) is 0 Å². The zero-order valence-electron chi connectivity index (χ0n) is 10.5. The number of nitrogens with zero attached hydrogens (tertiary/aromatic N) is 2. The summed E-state index contributed by atoms with van der Waals surface area (Å²) in [5.41, 5.74) is 0. The third kappa shape index (κ3) is 2.75. The van der Waals surface area contributed by atoms with Crippen molar-refractivity contribution in [2.24, 2.45) is 0 Å². The Hall–Kier alpha value is -0.460. The van der Waals surface area contributed by atoms with E-state index in [4.69, 9.17) is 12.2 Å². The maximum atomic E-state index is 12.0. The van der Waals surface area contributed by atoms with Gasteiger partial charge in [-0.15, -0.1) is 11.8 Å². The molecule has 2 aliphatic rings. The number of thiocarbonyl (C=S) groups is 1. The number of carbonyl (C=O) groups excluding carboxylic acids is 1. The summed E-state index contributed by atoms with van der Waals surface area (Å²) in [4.78, 5) is 16.7. The van der Waals surface area contributed by atoms with Crippen molar-refractivity contribution in [2.75, 3.05) is 25.4 Å². The Morgan fingerprint density at radius 1 is 1.33 bits per heavy atom. The lowest BCUT2D eigenvalue weighted by atomic mass is 10.4. The number of rotatable bonds is 3. The first-order valence-electron chi connectivity index (χ1n) is 6.00. The Labute approximate surface area is 122 Å². The first-order chi connectivity index (χ1) is 8.67. The fraction of sp³-hybridized carbons (Fsp3) is 0.500. The van der Waals surface area contributed by atoms with Crippen LogP contribution in [0.2, 0.25) is 0 Å². The van der Waals surface area contributed by atoms with Crippen LogP contribution in [0.3, 0.4) is 0 Å². The fourth-order valence-corrected chi connectivity index (χ4v) is 4.28. The second-order valence-corrected chi connectivity index (χ2v) is 6.67. The van der Waals surface area contributed by atoms with Gasteiger partial charge < -0.3 is 4.90 Å². The largest absolute Gasteiger partial charge is 0.366 e. The Morgan fingerprint density at radius 3 is 2.72 bits per heavy atom. The smallest absolute Gasteiger partial charge is 0.266 e. The summed E-state index contributed by atoms with van der Waals surface area (Å²) >= 11 is 8.42. The van der Waals surface area contributed by atoms with Gasteiger partial charge in [0.15, 0.2) is 0 Å². The lowest BCUT2D eigenvalue weighted by Gasteiger charge is -2.15. The third-order valence-electron chi connectivity index (χ3n) is 2.87. The van der Waals surface area contributed by atoms with Gasteiger partial charge in [-0.25, -0.2) is 0 Å². The molecule has 0 saturated carbocycles. The van der Waals surface area contributed by atoms with E-state index in [1.807, 2.05) is 30.8 Å². The van der Waals surface area contributed by atoms with Gasteiger partial charge >= 0.3 is 0 Å². The molecule has 0 aromatic carbocycles. The molecule has 0 radical (unpaired) electrons. The summed E-state index contributed by atoms with van der Waals surface area (Å²) in [5.74, 6) is 1.17. The number of hydrogen-bond acceptors (Lipinski definition) is 5.